The van der Waals surface area contributed by atoms with Gasteiger partial charge in [-0.2, -0.15) is 0 Å². The summed E-state index contributed by atoms with van der Waals surface area (Å²) in [4.78, 5) is 38.9. The van der Waals surface area contributed by atoms with E-state index >= 15 is 0 Å². The topological polar surface area (TPSA) is 122 Å². The highest BCUT2D eigenvalue weighted by Crippen LogP contribution is 2.35. The molecule has 35 heavy (non-hydrogen) atoms. The molecule has 1 aliphatic heterocycles. The van der Waals surface area contributed by atoms with Gasteiger partial charge in [-0.3, -0.25) is 24.0 Å². The highest BCUT2D eigenvalue weighted by molar-refractivity contribution is 7.92. The molecule has 184 valence electrons. The zero-order chi connectivity index (χ0) is 25.2. The van der Waals surface area contributed by atoms with Crippen LogP contribution in [0.1, 0.15) is 24.8 Å². The molecule has 2 N–H and O–H groups in total. The van der Waals surface area contributed by atoms with Crippen LogP contribution in [0.3, 0.4) is 0 Å². The Bertz CT molecular complexity index is 1260. The molecule has 2 atom stereocenters. The number of sulfonamides is 1. The third-order valence-electron chi connectivity index (χ3n) is 6.26. The van der Waals surface area contributed by atoms with Crippen molar-refractivity contribution in [3.63, 3.8) is 0 Å². The van der Waals surface area contributed by atoms with Crippen molar-refractivity contribution in [1.29, 1.82) is 0 Å². The standard InChI is InChI=1S/C25H27N3O6S/c1-16-7-8-18(15-22(16)35(32,33)27-17-9-11-19(34-2)12-10-17)26-23(29)13-14-28-24(30)20-5-3-4-6-21(20)25(28)31/h3-4,7-12,15,20-21,27H,5-6,13-14H2,1-2H3,(H,26,29). The summed E-state index contributed by atoms with van der Waals surface area (Å²) in [5.74, 6) is -0.955. The maximum Gasteiger partial charge on any atom is 0.262 e. The Morgan fingerprint density at radius 2 is 1.60 bits per heavy atom. The lowest BCUT2D eigenvalue weighted by atomic mass is 9.85. The number of amides is 3. The van der Waals surface area contributed by atoms with Gasteiger partial charge < -0.3 is 10.1 Å². The van der Waals surface area contributed by atoms with Gasteiger partial charge >= 0.3 is 0 Å². The average molecular weight is 498 g/mol. The number of benzene rings is 2. The van der Waals surface area contributed by atoms with E-state index in [0.29, 0.717) is 35.5 Å². The van der Waals surface area contributed by atoms with Gasteiger partial charge in [0.15, 0.2) is 0 Å². The molecule has 4 rings (SSSR count). The molecule has 3 amide bonds. The molecular formula is C25H27N3O6S. The molecule has 1 fully saturated rings. The Hall–Kier alpha value is -3.66. The Morgan fingerprint density at radius 1 is 1.00 bits per heavy atom. The molecule has 0 bridgehead atoms. The van der Waals surface area contributed by atoms with Crippen LogP contribution in [-0.2, 0) is 24.4 Å². The van der Waals surface area contributed by atoms with E-state index in [-0.39, 0.29) is 41.5 Å². The van der Waals surface area contributed by atoms with E-state index in [2.05, 4.69) is 10.0 Å². The van der Waals surface area contributed by atoms with E-state index in [0.717, 1.165) is 0 Å². The number of allylic oxidation sites excluding steroid dienone is 2. The molecule has 10 heteroatoms. The van der Waals surface area contributed by atoms with Gasteiger partial charge in [0.25, 0.3) is 10.0 Å². The molecule has 2 aromatic rings. The number of hydrogen-bond donors (Lipinski definition) is 2. The summed E-state index contributed by atoms with van der Waals surface area (Å²) >= 11 is 0. The number of carbonyl (C=O) groups is 3. The van der Waals surface area contributed by atoms with Crippen LogP contribution in [0.5, 0.6) is 5.75 Å². The number of imide groups is 1. The molecule has 0 saturated carbocycles. The molecule has 0 aromatic heterocycles. The minimum absolute atomic E-state index is 0.00740. The molecule has 1 heterocycles. The molecule has 9 nitrogen and oxygen atoms in total. The quantitative estimate of drug-likeness (QED) is 0.427. The van der Waals surface area contributed by atoms with Crippen LogP contribution >= 0.6 is 0 Å². The first kappa shape index (κ1) is 24.5. The van der Waals surface area contributed by atoms with Crippen molar-refractivity contribution in [3.8, 4) is 5.75 Å². The predicted molar refractivity (Wildman–Crippen MR) is 130 cm³/mol. The maximum atomic E-state index is 13.0. The number of methoxy groups -OCH3 is 1. The van der Waals surface area contributed by atoms with Crippen molar-refractivity contribution < 1.29 is 27.5 Å². The maximum absolute atomic E-state index is 13.0. The number of nitrogens with zero attached hydrogens (tertiary/aromatic N) is 1. The molecule has 1 saturated heterocycles. The fourth-order valence-electron chi connectivity index (χ4n) is 4.36. The highest BCUT2D eigenvalue weighted by atomic mass is 32.2. The number of carbonyl (C=O) groups excluding carboxylic acids is 3. The number of ether oxygens (including phenoxy) is 1. The summed E-state index contributed by atoms with van der Waals surface area (Å²) in [7, 11) is -2.40. The van der Waals surface area contributed by atoms with E-state index in [1.807, 2.05) is 12.2 Å². The molecular weight excluding hydrogens is 470 g/mol. The normalized spacial score (nSPS) is 19.4. The van der Waals surface area contributed by atoms with Gasteiger partial charge in [-0.1, -0.05) is 18.2 Å². The van der Waals surface area contributed by atoms with Crippen molar-refractivity contribution in [2.75, 3.05) is 23.7 Å². The number of aryl methyl sites for hydroxylation is 1. The summed E-state index contributed by atoms with van der Waals surface area (Å²) in [5, 5.41) is 2.67. The second-order valence-electron chi connectivity index (χ2n) is 8.60. The minimum atomic E-state index is -3.92. The second-order valence-corrected chi connectivity index (χ2v) is 10.2. The Labute approximate surface area is 204 Å². The van der Waals surface area contributed by atoms with Crippen molar-refractivity contribution in [1.82, 2.24) is 4.90 Å². The number of rotatable bonds is 8. The number of likely N-dealkylation sites (tertiary alicyclic amines) is 1. The predicted octanol–water partition coefficient (Wildman–Crippen LogP) is 3.08. The first-order valence-electron chi connectivity index (χ1n) is 11.3. The highest BCUT2D eigenvalue weighted by Gasteiger charge is 2.46. The average Bonchev–Trinajstić information content (AvgIpc) is 3.08. The summed E-state index contributed by atoms with van der Waals surface area (Å²) in [6.07, 6.45) is 4.83. The van der Waals surface area contributed by atoms with Crippen LogP contribution in [-0.4, -0.2) is 44.7 Å². The summed E-state index contributed by atoms with van der Waals surface area (Å²) in [6, 6.07) is 11.0. The van der Waals surface area contributed by atoms with E-state index in [4.69, 9.17) is 4.74 Å². The van der Waals surface area contributed by atoms with Crippen LogP contribution < -0.4 is 14.8 Å². The monoisotopic (exact) mass is 497 g/mol. The molecule has 1 aliphatic carbocycles. The third-order valence-corrected chi connectivity index (χ3v) is 7.79. The van der Waals surface area contributed by atoms with Crippen LogP contribution in [0.25, 0.3) is 0 Å². The smallest absolute Gasteiger partial charge is 0.262 e. The molecule has 0 radical (unpaired) electrons. The van der Waals surface area contributed by atoms with Gasteiger partial charge in [0.05, 0.1) is 23.8 Å². The SMILES string of the molecule is COc1ccc(NS(=O)(=O)c2cc(NC(=O)CCN3C(=O)C4CC=CCC4C3=O)ccc2C)cc1. The first-order valence-corrected chi connectivity index (χ1v) is 12.8. The molecule has 2 aliphatic rings. The lowest BCUT2D eigenvalue weighted by Crippen LogP contribution is -2.34. The van der Waals surface area contributed by atoms with E-state index < -0.39 is 15.9 Å². The van der Waals surface area contributed by atoms with Crippen LogP contribution in [0, 0.1) is 18.8 Å². The fraction of sp³-hybridized carbons (Fsp3) is 0.320. The van der Waals surface area contributed by atoms with E-state index in [1.165, 1.54) is 18.1 Å². The number of nitrogens with one attached hydrogen (secondary N) is 2. The lowest BCUT2D eigenvalue weighted by Gasteiger charge is -2.15. The largest absolute Gasteiger partial charge is 0.497 e. The van der Waals surface area contributed by atoms with Gasteiger partial charge in [-0.05, 0) is 61.7 Å². The van der Waals surface area contributed by atoms with Gasteiger partial charge in [-0.15, -0.1) is 0 Å². The van der Waals surface area contributed by atoms with Crippen LogP contribution in [0.4, 0.5) is 11.4 Å². The van der Waals surface area contributed by atoms with E-state index in [1.54, 1.807) is 43.3 Å². The van der Waals surface area contributed by atoms with Crippen LogP contribution in [0.2, 0.25) is 0 Å². The van der Waals surface area contributed by atoms with Crippen molar-refractivity contribution in [3.05, 3.63) is 60.2 Å². The molecule has 2 unspecified atom stereocenters. The van der Waals surface area contributed by atoms with Gasteiger partial charge in [0.1, 0.15) is 5.75 Å². The number of hydrogen-bond acceptors (Lipinski definition) is 6. The Morgan fingerprint density at radius 3 is 2.20 bits per heavy atom. The third kappa shape index (κ3) is 5.22. The zero-order valence-electron chi connectivity index (χ0n) is 19.5. The summed E-state index contributed by atoms with van der Waals surface area (Å²) in [6.45, 7) is 1.65. The number of fused-ring (bicyclic) bond motifs is 1. The summed E-state index contributed by atoms with van der Waals surface area (Å²) in [5.41, 5.74) is 1.18. The minimum Gasteiger partial charge on any atom is -0.497 e. The van der Waals surface area contributed by atoms with Crippen molar-refractivity contribution in [2.24, 2.45) is 11.8 Å². The molecule has 0 spiro atoms. The summed E-state index contributed by atoms with van der Waals surface area (Å²) < 4.78 is 33.5. The Kier molecular flexibility index (Phi) is 6.93. The van der Waals surface area contributed by atoms with Gasteiger partial charge in [-0.25, -0.2) is 8.42 Å². The fourth-order valence-corrected chi connectivity index (χ4v) is 5.69. The molecule has 2 aromatic carbocycles. The van der Waals surface area contributed by atoms with Gasteiger partial charge in [0.2, 0.25) is 17.7 Å². The zero-order valence-corrected chi connectivity index (χ0v) is 20.3. The second kappa shape index (κ2) is 9.91. The van der Waals surface area contributed by atoms with Gasteiger partial charge in [0, 0.05) is 24.3 Å². The van der Waals surface area contributed by atoms with E-state index in [9.17, 15) is 22.8 Å². The van der Waals surface area contributed by atoms with Crippen LogP contribution in [0.15, 0.2) is 59.5 Å². The van der Waals surface area contributed by atoms with Crippen molar-refractivity contribution in [2.45, 2.75) is 31.1 Å². The Balaban J connectivity index is 1.40. The van der Waals surface area contributed by atoms with Crippen molar-refractivity contribution >= 4 is 39.1 Å². The number of anilines is 2. The first-order chi connectivity index (χ1) is 16.7. The lowest BCUT2D eigenvalue weighted by molar-refractivity contribution is -0.140.